The Bertz CT molecular complexity index is 1200. The minimum absolute atomic E-state index is 1.13. The molecule has 0 N–H and O–H groups in total. The zero-order chi connectivity index (χ0) is 31.0. The molecule has 1 aromatic rings. The molecule has 0 radical (unpaired) electrons. The third-order valence-corrected chi connectivity index (χ3v) is 2.49. The maximum Gasteiger partial charge on any atom is 0.0840 e. The lowest BCUT2D eigenvalue weighted by Gasteiger charge is -2.28. The summed E-state index contributed by atoms with van der Waals surface area (Å²) in [6.07, 6.45) is -33.3. The molecule has 98 valence electrons. The van der Waals surface area contributed by atoms with Gasteiger partial charge in [0.15, 0.2) is 0 Å². The number of nitrogens with zero attached hydrogens (tertiary/aromatic N) is 1. The molecule has 0 aromatic carbocycles. The molecule has 0 bridgehead atoms. The van der Waals surface area contributed by atoms with E-state index >= 15 is 0 Å². The third kappa shape index (κ3) is 2.60. The van der Waals surface area contributed by atoms with Gasteiger partial charge in [-0.15, -0.1) is 0 Å². The van der Waals surface area contributed by atoms with E-state index in [1.807, 2.05) is 0 Å². The van der Waals surface area contributed by atoms with Gasteiger partial charge in [0.05, 0.1) is 4.11 Å². The first-order valence-electron chi connectivity index (χ1n) is 15.9. The Kier molecular flexibility index (Phi) is 0.903. The summed E-state index contributed by atoms with van der Waals surface area (Å²) >= 11 is 0. The van der Waals surface area contributed by atoms with E-state index in [2.05, 4.69) is 4.98 Å². The van der Waals surface area contributed by atoms with E-state index in [0.717, 1.165) is 0 Å². The van der Waals surface area contributed by atoms with Crippen LogP contribution in [0.25, 0.3) is 0 Å². The number of rotatable bonds is 2. The molecule has 1 heterocycles. The van der Waals surface area contributed by atoms with E-state index in [1.54, 1.807) is 0 Å². The molecule has 2 aliphatic carbocycles. The normalized spacial score (nSPS) is 76.8. The van der Waals surface area contributed by atoms with Crippen molar-refractivity contribution in [1.29, 1.82) is 0 Å². The second-order valence-electron chi connectivity index (χ2n) is 3.61. The highest BCUT2D eigenvalue weighted by atomic mass is 14.7. The van der Waals surface area contributed by atoms with Crippen molar-refractivity contribution >= 4 is 0 Å². The number of aromatic nitrogens is 1. The monoisotopic (exact) mass is 264 g/mol. The molecule has 1 heteroatoms. The predicted octanol–water partition coefficient (Wildman–Crippen LogP) is 5.18. The third-order valence-electron chi connectivity index (χ3n) is 2.49. The summed E-state index contributed by atoms with van der Waals surface area (Å²) in [7, 11) is 0. The summed E-state index contributed by atoms with van der Waals surface area (Å²) in [6, 6.07) is -2.43. The van der Waals surface area contributed by atoms with Crippen LogP contribution in [0.4, 0.5) is 0 Å². The summed E-state index contributed by atoms with van der Waals surface area (Å²) in [6.45, 7) is 0. The zero-order valence-corrected chi connectivity index (χ0v) is 9.36. The van der Waals surface area contributed by atoms with Gasteiger partial charge in [0.1, 0.15) is 0 Å². The van der Waals surface area contributed by atoms with Gasteiger partial charge >= 0.3 is 0 Å². The van der Waals surface area contributed by atoms with Crippen molar-refractivity contribution in [2.45, 2.75) is 75.6 Å². The number of hydrogen-bond acceptors (Lipinski definition) is 1. The summed E-state index contributed by atoms with van der Waals surface area (Å²) in [5.41, 5.74) is -2.65. The van der Waals surface area contributed by atoms with Crippen molar-refractivity contribution in [3.63, 3.8) is 0 Å². The lowest BCUT2D eigenvalue weighted by atomic mass is 9.78. The van der Waals surface area contributed by atoms with Crippen LogP contribution in [0.2, 0.25) is 0 Å². The lowest BCUT2D eigenvalue weighted by molar-refractivity contribution is 0.412. The smallest absolute Gasteiger partial charge is 0.0840 e. The molecular weight excluding hydrogens is 218 g/mol. The van der Waals surface area contributed by atoms with Crippen molar-refractivity contribution in [1.82, 2.24) is 4.98 Å². The standard InChI is InChI=1S/C17H25N/c1-3-8-14(9-4-1)16-12-7-13-18-17(16)15-10-5-2-6-11-15/h7,12-15H,1-6,8-11H2/i1D2,2D2,3D2,4D2,5D2,6D2,7D,8D2,10D2,12D,13D,14D,15D. The summed E-state index contributed by atoms with van der Waals surface area (Å²) in [5, 5.41) is 0. The molecule has 0 spiro atoms. The van der Waals surface area contributed by atoms with Crippen LogP contribution in [0.1, 0.15) is 116 Å². The highest BCUT2D eigenvalue weighted by molar-refractivity contribution is 5.28. The van der Waals surface area contributed by atoms with Gasteiger partial charge in [0.25, 0.3) is 0 Å². The lowest BCUT2D eigenvalue weighted by Crippen LogP contribution is -2.13. The average molecular weight is 265 g/mol. The Labute approximate surface area is 141 Å². The van der Waals surface area contributed by atoms with Crippen LogP contribution in [0.3, 0.4) is 0 Å². The zero-order valence-electron chi connectivity index (χ0n) is 30.4. The van der Waals surface area contributed by atoms with E-state index in [4.69, 9.17) is 28.8 Å². The second kappa shape index (κ2) is 5.86. The Balaban J connectivity index is 2.55. The van der Waals surface area contributed by atoms with Crippen LogP contribution in [0.5, 0.6) is 0 Å². The van der Waals surface area contributed by atoms with Gasteiger partial charge in [0.2, 0.25) is 0 Å². The van der Waals surface area contributed by atoms with E-state index in [1.165, 1.54) is 0 Å². The molecule has 0 aliphatic heterocycles. The van der Waals surface area contributed by atoms with E-state index < -0.39 is 105 Å². The molecular formula is C17H25N. The van der Waals surface area contributed by atoms with Crippen molar-refractivity contribution in [3.8, 4) is 0 Å². The Morgan fingerprint density at radius 3 is 2.61 bits per heavy atom. The summed E-state index contributed by atoms with van der Waals surface area (Å²) in [4.78, 5) is 3.57. The van der Waals surface area contributed by atoms with Gasteiger partial charge in [-0.05, 0) is 43.1 Å². The molecule has 3 rings (SSSR count). The second-order valence-corrected chi connectivity index (χ2v) is 3.61. The molecule has 1 aromatic heterocycles. The van der Waals surface area contributed by atoms with Crippen molar-refractivity contribution in [3.05, 3.63) is 29.5 Å². The van der Waals surface area contributed by atoms with Crippen molar-refractivity contribution < 1.29 is 28.8 Å². The average Bonchev–Trinajstić information content (AvgIpc) is 2.73. The molecule has 2 saturated carbocycles. The van der Waals surface area contributed by atoms with Crippen LogP contribution in [0.15, 0.2) is 18.3 Å². The summed E-state index contributed by atoms with van der Waals surface area (Å²) in [5.74, 6) is -6.88. The van der Waals surface area contributed by atoms with Crippen molar-refractivity contribution in [2.75, 3.05) is 0 Å². The first-order valence-corrected chi connectivity index (χ1v) is 5.36. The minimum Gasteiger partial charge on any atom is -0.261 e. The quantitative estimate of drug-likeness (QED) is 0.717. The molecule has 2 aliphatic rings. The molecule has 2 unspecified atom stereocenters. The highest BCUT2D eigenvalue weighted by Gasteiger charge is 2.24. The van der Waals surface area contributed by atoms with Gasteiger partial charge in [0, 0.05) is 42.4 Å². The Morgan fingerprint density at radius 2 is 1.78 bits per heavy atom. The van der Waals surface area contributed by atoms with Gasteiger partial charge in [-0.3, -0.25) is 4.98 Å². The first-order chi connectivity index (χ1) is 16.9. The first kappa shape index (κ1) is 2.77. The van der Waals surface area contributed by atoms with Gasteiger partial charge in [-0.1, -0.05) is 44.3 Å². The number of hydrogen-bond donors (Lipinski definition) is 0. The SMILES string of the molecule is [2H]c1nc(C2([2H])CC([2H])([2H])C([2H])([2H])C([2H])([2H])C2([2H])[2H])c(C2([2H])CC([2H])([2H])C([2H])([2H])C([2H])([2H])C2([2H])[2H])c([2H])c1[2H]. The maximum atomic E-state index is 9.02. The van der Waals surface area contributed by atoms with E-state index in [9.17, 15) is 0 Å². The molecule has 2 fully saturated rings. The van der Waals surface area contributed by atoms with E-state index in [-0.39, 0.29) is 0 Å². The highest BCUT2D eigenvalue weighted by Crippen LogP contribution is 2.39. The molecule has 0 amide bonds. The van der Waals surface area contributed by atoms with Crippen LogP contribution in [-0.4, -0.2) is 4.98 Å². The maximum absolute atomic E-state index is 9.02. The summed E-state index contributed by atoms with van der Waals surface area (Å²) < 4.78 is 174. The van der Waals surface area contributed by atoms with Crippen LogP contribution >= 0.6 is 0 Å². The fraction of sp³-hybridized carbons (Fsp3) is 0.706. The Morgan fingerprint density at radius 1 is 1.06 bits per heavy atom. The number of pyridine rings is 1. The van der Waals surface area contributed by atoms with Crippen molar-refractivity contribution in [2.24, 2.45) is 0 Å². The van der Waals surface area contributed by atoms with Crippen LogP contribution in [0, 0.1) is 0 Å². The Hall–Kier alpha value is -0.850. The van der Waals surface area contributed by atoms with E-state index in [0.29, 0.717) is 0 Å². The van der Waals surface area contributed by atoms with Crippen LogP contribution < -0.4 is 0 Å². The fourth-order valence-electron chi connectivity index (χ4n) is 1.68. The molecule has 18 heavy (non-hydrogen) atoms. The molecule has 1 nitrogen and oxygen atoms in total. The van der Waals surface area contributed by atoms with Gasteiger partial charge < -0.3 is 0 Å². The fourth-order valence-corrected chi connectivity index (χ4v) is 1.68. The minimum atomic E-state index is -3.84. The largest absolute Gasteiger partial charge is 0.261 e. The molecule has 2 atom stereocenters. The predicted molar refractivity (Wildman–Crippen MR) is 75.9 cm³/mol. The molecule has 0 saturated heterocycles. The topological polar surface area (TPSA) is 12.9 Å². The van der Waals surface area contributed by atoms with Gasteiger partial charge in [-0.25, -0.2) is 0 Å². The van der Waals surface area contributed by atoms with Gasteiger partial charge in [-0.2, -0.15) is 0 Å². The van der Waals surface area contributed by atoms with Crippen LogP contribution in [-0.2, 0) is 0 Å².